The molecule has 0 saturated carbocycles. The van der Waals surface area contributed by atoms with E-state index in [1.165, 1.54) is 11.8 Å². The lowest BCUT2D eigenvalue weighted by Gasteiger charge is -2.48. The van der Waals surface area contributed by atoms with E-state index in [0.717, 1.165) is 5.56 Å². The molecular weight excluding hydrogens is 420 g/mol. The molecule has 2 atom stereocenters. The standard InChI is InChI=1S/C22H21ClN4O2S/c1-3-13-30-22-24-20(29)19-15-10-6-8-12-17(15)26(18(28)4-2)21(27(19)25-22)14-9-5-7-11-16(14)23/h3,5-12,19,21H,1,4,13H2,2H3,(H,24,25,29)/t19-,21-/m0/s1. The number of rotatable bonds is 4. The van der Waals surface area contributed by atoms with Crippen LogP contribution in [0.25, 0.3) is 0 Å². The maximum absolute atomic E-state index is 13.2. The van der Waals surface area contributed by atoms with Crippen LogP contribution in [0.3, 0.4) is 0 Å². The molecule has 0 bridgehead atoms. The Hall–Kier alpha value is -2.77. The molecule has 2 aliphatic rings. The van der Waals surface area contributed by atoms with Gasteiger partial charge in [-0.1, -0.05) is 72.8 Å². The molecule has 2 aromatic rings. The maximum Gasteiger partial charge on any atom is 0.255 e. The molecule has 0 saturated heterocycles. The molecular formula is C22H21ClN4O2S. The van der Waals surface area contributed by atoms with Gasteiger partial charge in [-0.15, -0.1) is 11.7 Å². The molecule has 8 heteroatoms. The van der Waals surface area contributed by atoms with Gasteiger partial charge in [0.2, 0.25) is 5.91 Å². The maximum atomic E-state index is 13.2. The quantitative estimate of drug-likeness (QED) is 0.713. The van der Waals surface area contributed by atoms with Crippen LogP contribution in [-0.4, -0.2) is 27.7 Å². The van der Waals surface area contributed by atoms with Crippen molar-refractivity contribution in [3.63, 3.8) is 0 Å². The van der Waals surface area contributed by atoms with Gasteiger partial charge in [0.05, 0.1) is 5.69 Å². The zero-order valence-electron chi connectivity index (χ0n) is 16.4. The van der Waals surface area contributed by atoms with E-state index in [4.69, 9.17) is 16.7 Å². The van der Waals surface area contributed by atoms with Crippen LogP contribution in [0.5, 0.6) is 0 Å². The minimum atomic E-state index is -0.670. The van der Waals surface area contributed by atoms with Gasteiger partial charge >= 0.3 is 0 Å². The lowest BCUT2D eigenvalue weighted by Crippen LogP contribution is -2.55. The summed E-state index contributed by atoms with van der Waals surface area (Å²) in [6.45, 7) is 5.54. The number of para-hydroxylation sites is 1. The number of hydrazone groups is 1. The van der Waals surface area contributed by atoms with Crippen molar-refractivity contribution in [2.45, 2.75) is 25.6 Å². The summed E-state index contributed by atoms with van der Waals surface area (Å²) in [4.78, 5) is 28.0. The second-order valence-corrected chi connectivity index (χ2v) is 8.26. The van der Waals surface area contributed by atoms with E-state index in [0.29, 0.717) is 33.6 Å². The molecule has 0 spiro atoms. The number of amidine groups is 1. The highest BCUT2D eigenvalue weighted by Crippen LogP contribution is 2.47. The highest BCUT2D eigenvalue weighted by molar-refractivity contribution is 8.14. The zero-order valence-corrected chi connectivity index (χ0v) is 18.0. The Bertz CT molecular complexity index is 1040. The summed E-state index contributed by atoms with van der Waals surface area (Å²) < 4.78 is 0. The smallest absolute Gasteiger partial charge is 0.255 e. The van der Waals surface area contributed by atoms with Crippen molar-refractivity contribution >= 4 is 46.0 Å². The summed E-state index contributed by atoms with van der Waals surface area (Å²) in [5.41, 5.74) is 2.15. The fourth-order valence-corrected chi connectivity index (χ4v) is 4.59. The van der Waals surface area contributed by atoms with Gasteiger partial charge in [0.1, 0.15) is 0 Å². The normalized spacial score (nSPS) is 20.1. The Morgan fingerprint density at radius 3 is 2.63 bits per heavy atom. The average molecular weight is 441 g/mol. The number of benzene rings is 2. The van der Waals surface area contributed by atoms with Gasteiger partial charge in [-0.05, 0) is 12.1 Å². The van der Waals surface area contributed by atoms with Crippen molar-refractivity contribution in [3.8, 4) is 0 Å². The van der Waals surface area contributed by atoms with Crippen LogP contribution < -0.4 is 10.2 Å². The molecule has 0 aliphatic carbocycles. The van der Waals surface area contributed by atoms with Gasteiger partial charge in [-0.25, -0.2) is 0 Å². The van der Waals surface area contributed by atoms with E-state index in [-0.39, 0.29) is 11.8 Å². The molecule has 2 aliphatic heterocycles. The number of hydrogen-bond donors (Lipinski definition) is 1. The summed E-state index contributed by atoms with van der Waals surface area (Å²) >= 11 is 7.93. The molecule has 2 amide bonds. The lowest BCUT2D eigenvalue weighted by atomic mass is 9.95. The van der Waals surface area contributed by atoms with Crippen LogP contribution in [0.2, 0.25) is 5.02 Å². The third kappa shape index (κ3) is 3.48. The molecule has 4 rings (SSSR count). The van der Waals surface area contributed by atoms with Crippen LogP contribution in [0.1, 0.15) is 36.7 Å². The Balaban J connectivity index is 1.95. The molecule has 30 heavy (non-hydrogen) atoms. The van der Waals surface area contributed by atoms with Crippen molar-refractivity contribution in [1.29, 1.82) is 0 Å². The van der Waals surface area contributed by atoms with Crippen molar-refractivity contribution in [2.75, 3.05) is 10.7 Å². The predicted molar refractivity (Wildman–Crippen MR) is 121 cm³/mol. The summed E-state index contributed by atoms with van der Waals surface area (Å²) in [6.07, 6.45) is 1.41. The highest BCUT2D eigenvalue weighted by atomic mass is 35.5. The fourth-order valence-electron chi connectivity index (χ4n) is 3.76. The number of halogens is 1. The first kappa shape index (κ1) is 20.5. The predicted octanol–water partition coefficient (Wildman–Crippen LogP) is 4.46. The zero-order chi connectivity index (χ0) is 21.3. The number of amides is 2. The van der Waals surface area contributed by atoms with Crippen molar-refractivity contribution in [1.82, 2.24) is 10.3 Å². The largest absolute Gasteiger partial charge is 0.302 e. The average Bonchev–Trinajstić information content (AvgIpc) is 2.76. The van der Waals surface area contributed by atoms with E-state index in [1.807, 2.05) is 49.4 Å². The monoisotopic (exact) mass is 440 g/mol. The first-order valence-corrected chi connectivity index (χ1v) is 11.0. The van der Waals surface area contributed by atoms with Gasteiger partial charge in [-0.2, -0.15) is 0 Å². The molecule has 0 unspecified atom stereocenters. The van der Waals surface area contributed by atoms with Crippen LogP contribution >= 0.6 is 23.4 Å². The van der Waals surface area contributed by atoms with Crippen molar-refractivity contribution in [2.24, 2.45) is 5.10 Å². The number of thioether (sulfide) groups is 1. The van der Waals surface area contributed by atoms with E-state index >= 15 is 0 Å². The molecule has 0 radical (unpaired) electrons. The number of nitrogens with zero attached hydrogens (tertiary/aromatic N) is 3. The fraction of sp³-hybridized carbons (Fsp3) is 0.227. The van der Waals surface area contributed by atoms with Crippen molar-refractivity contribution in [3.05, 3.63) is 77.3 Å². The first-order chi connectivity index (χ1) is 14.6. The van der Waals surface area contributed by atoms with E-state index in [1.54, 1.807) is 22.1 Å². The summed E-state index contributed by atoms with van der Waals surface area (Å²) in [5, 5.41) is 10.3. The number of carbonyl (C=O) groups is 2. The Morgan fingerprint density at radius 1 is 1.23 bits per heavy atom. The summed E-state index contributed by atoms with van der Waals surface area (Å²) in [6, 6.07) is 14.1. The lowest BCUT2D eigenvalue weighted by molar-refractivity contribution is -0.130. The van der Waals surface area contributed by atoms with E-state index in [2.05, 4.69) is 11.9 Å². The Morgan fingerprint density at radius 2 is 1.93 bits per heavy atom. The van der Waals surface area contributed by atoms with Crippen LogP contribution in [0, 0.1) is 0 Å². The number of carbonyl (C=O) groups excluding carboxylic acids is 2. The third-order valence-electron chi connectivity index (χ3n) is 5.03. The number of nitrogens with one attached hydrogen (secondary N) is 1. The van der Waals surface area contributed by atoms with E-state index < -0.39 is 12.2 Å². The molecule has 2 heterocycles. The summed E-state index contributed by atoms with van der Waals surface area (Å²) in [7, 11) is 0. The second kappa shape index (κ2) is 8.53. The van der Waals surface area contributed by atoms with Gasteiger partial charge in [0.25, 0.3) is 5.91 Å². The third-order valence-corrected chi connectivity index (χ3v) is 6.23. The number of anilines is 1. The van der Waals surface area contributed by atoms with Crippen molar-refractivity contribution < 1.29 is 9.59 Å². The molecule has 6 nitrogen and oxygen atoms in total. The molecule has 1 N–H and O–H groups in total. The topological polar surface area (TPSA) is 65.0 Å². The first-order valence-electron chi connectivity index (χ1n) is 9.63. The van der Waals surface area contributed by atoms with Crippen LogP contribution in [0.4, 0.5) is 5.69 Å². The Kier molecular flexibility index (Phi) is 5.83. The van der Waals surface area contributed by atoms with Gasteiger partial charge in [0.15, 0.2) is 17.4 Å². The number of fused-ring (bicyclic) bond motifs is 3. The summed E-state index contributed by atoms with van der Waals surface area (Å²) in [5.74, 6) is 0.333. The molecule has 154 valence electrons. The SMILES string of the molecule is C=CCSC1=NN2[C@H](C(=O)N1)c1ccccc1N(C(=O)CC)[C@@H]2c1ccccc1Cl. The van der Waals surface area contributed by atoms with Gasteiger partial charge < -0.3 is 5.32 Å². The minimum Gasteiger partial charge on any atom is -0.302 e. The van der Waals surface area contributed by atoms with Crippen LogP contribution in [0.15, 0.2) is 66.3 Å². The molecule has 2 aromatic carbocycles. The van der Waals surface area contributed by atoms with Crippen LogP contribution in [-0.2, 0) is 9.59 Å². The van der Waals surface area contributed by atoms with Gasteiger partial charge in [0, 0.05) is 28.3 Å². The number of hydrogen-bond acceptors (Lipinski definition) is 5. The van der Waals surface area contributed by atoms with Gasteiger partial charge in [-0.3, -0.25) is 19.5 Å². The minimum absolute atomic E-state index is 0.0766. The van der Waals surface area contributed by atoms with E-state index in [9.17, 15) is 9.59 Å². The molecule has 0 fully saturated rings. The highest BCUT2D eigenvalue weighted by Gasteiger charge is 2.47. The molecule has 0 aromatic heterocycles. The second-order valence-electron chi connectivity index (χ2n) is 6.85. The Labute approximate surface area is 184 Å².